The van der Waals surface area contributed by atoms with E-state index in [4.69, 9.17) is 9.79 Å². The molecule has 0 heterocycles. The molecule has 1 radical (unpaired) electrons. The Hall–Kier alpha value is 0.515. The maximum Gasteiger partial charge on any atom is 0.469 e. The molecular weight excluding hydrogens is 338 g/mol. The zero-order valence-corrected chi connectivity index (χ0v) is 12.2. The third kappa shape index (κ3) is 10.6. The van der Waals surface area contributed by atoms with Crippen LogP contribution in [0.4, 0.5) is 0 Å². The Balaban J connectivity index is 0. The van der Waals surface area contributed by atoms with Crippen molar-refractivity contribution in [2.75, 3.05) is 13.2 Å². The normalized spacial score (nSPS) is 10.2. The topological polar surface area (TPSA) is 93.1 Å². The maximum atomic E-state index is 10.7. The molecule has 2 N–H and O–H groups in total. The molecule has 14 heavy (non-hydrogen) atoms. The van der Waals surface area contributed by atoms with Gasteiger partial charge in [0, 0.05) is 41.2 Å². The second-order valence-corrected chi connectivity index (χ2v) is 3.48. The Bertz CT molecular complexity index is 247. The van der Waals surface area contributed by atoms with Crippen LogP contribution in [0.15, 0.2) is 12.2 Å². The summed E-state index contributed by atoms with van der Waals surface area (Å²) in [6.07, 6.45) is 0. The van der Waals surface area contributed by atoms with Crippen LogP contribution in [-0.2, 0) is 18.6 Å². The first-order chi connectivity index (χ1) is 5.83. The second-order valence-electron chi connectivity index (χ2n) is 2.24. The van der Waals surface area contributed by atoms with Gasteiger partial charge in [-0.25, -0.2) is 9.36 Å². The minimum atomic E-state index is -4.46. The predicted molar refractivity (Wildman–Crippen MR) is 43.8 cm³/mol. The minimum Gasteiger partial charge on any atom is -0.460 e. The summed E-state index contributed by atoms with van der Waals surface area (Å²) < 4.78 is 18.6. The first kappa shape index (κ1) is 16.9. The van der Waals surface area contributed by atoms with Crippen molar-refractivity contribution >= 4 is 13.8 Å². The molecule has 0 amide bonds. The fourth-order valence-corrected chi connectivity index (χ4v) is 0.726. The van der Waals surface area contributed by atoms with Crippen LogP contribution in [0.25, 0.3) is 0 Å². The zero-order chi connectivity index (χ0) is 10.5. The molecule has 0 rings (SSSR count). The zero-order valence-electron chi connectivity index (χ0n) is 7.67. The first-order valence-electron chi connectivity index (χ1n) is 3.35. The van der Waals surface area contributed by atoms with E-state index in [1.165, 1.54) is 6.92 Å². The number of carbonyl (C=O) groups excluding carboxylic acids is 1. The van der Waals surface area contributed by atoms with E-state index in [1.807, 2.05) is 0 Å². The van der Waals surface area contributed by atoms with Gasteiger partial charge < -0.3 is 14.5 Å². The van der Waals surface area contributed by atoms with Gasteiger partial charge in [-0.1, -0.05) is 6.58 Å². The molecule has 79 valence electrons. The van der Waals surface area contributed by atoms with Crippen LogP contribution in [0, 0.1) is 35.6 Å². The number of rotatable bonds is 5. The number of phosphoric acid groups is 1. The number of phosphoric ester groups is 1. The summed E-state index contributed by atoms with van der Waals surface area (Å²) in [5.41, 5.74) is 0.219. The summed E-state index contributed by atoms with van der Waals surface area (Å²) >= 11 is 0. The molecule has 0 atom stereocenters. The van der Waals surface area contributed by atoms with E-state index >= 15 is 0 Å². The van der Waals surface area contributed by atoms with Crippen LogP contribution in [0.1, 0.15) is 6.92 Å². The Kier molecular flexibility index (Phi) is 9.38. The van der Waals surface area contributed by atoms with Crippen molar-refractivity contribution < 1.29 is 64.0 Å². The SMILES string of the molecule is C=C(C)C(=O)OCCOP(=O)(O)O.[La]. The Labute approximate surface area is 110 Å². The van der Waals surface area contributed by atoms with Crippen molar-refractivity contribution in [1.29, 1.82) is 0 Å². The van der Waals surface area contributed by atoms with Crippen molar-refractivity contribution in [1.82, 2.24) is 0 Å². The molecule has 6 nitrogen and oxygen atoms in total. The van der Waals surface area contributed by atoms with Gasteiger partial charge >= 0.3 is 13.8 Å². The van der Waals surface area contributed by atoms with E-state index in [1.54, 1.807) is 0 Å². The fourth-order valence-electron chi connectivity index (χ4n) is 0.414. The van der Waals surface area contributed by atoms with Gasteiger partial charge in [0.25, 0.3) is 0 Å². The standard InChI is InChI=1S/C6H11O6P.La/c1-5(2)6(7)11-3-4-12-13(8,9)10;/h1,3-4H2,2H3,(H2,8,9,10);. The van der Waals surface area contributed by atoms with Crippen molar-refractivity contribution in [3.05, 3.63) is 12.2 Å². The summed E-state index contributed by atoms with van der Waals surface area (Å²) in [4.78, 5) is 27.1. The predicted octanol–water partition coefficient (Wildman–Crippen LogP) is 0.215. The van der Waals surface area contributed by atoms with Gasteiger partial charge in [0.15, 0.2) is 0 Å². The Morgan fingerprint density at radius 2 is 1.93 bits per heavy atom. The Morgan fingerprint density at radius 1 is 1.43 bits per heavy atom. The van der Waals surface area contributed by atoms with Crippen LogP contribution in [0.3, 0.4) is 0 Å². The molecule has 0 bridgehead atoms. The average Bonchev–Trinajstić information content (AvgIpc) is 1.95. The van der Waals surface area contributed by atoms with Crippen molar-refractivity contribution in [3.8, 4) is 0 Å². The molecule has 0 aromatic heterocycles. The molecular formula is C6H11LaO6P. The summed E-state index contributed by atoms with van der Waals surface area (Å²) in [5.74, 6) is -0.616. The molecule has 0 saturated heterocycles. The van der Waals surface area contributed by atoms with E-state index in [0.717, 1.165) is 0 Å². The van der Waals surface area contributed by atoms with Gasteiger partial charge in [-0.15, -0.1) is 0 Å². The van der Waals surface area contributed by atoms with Crippen LogP contribution >= 0.6 is 7.82 Å². The van der Waals surface area contributed by atoms with Gasteiger partial charge in [0.2, 0.25) is 0 Å². The number of hydrogen-bond donors (Lipinski definition) is 2. The summed E-state index contributed by atoms with van der Waals surface area (Å²) in [6.45, 7) is 4.22. The van der Waals surface area contributed by atoms with Gasteiger partial charge in [0.1, 0.15) is 6.61 Å². The van der Waals surface area contributed by atoms with Crippen LogP contribution < -0.4 is 0 Å². The molecule has 0 spiro atoms. The quantitative estimate of drug-likeness (QED) is 0.319. The minimum absolute atomic E-state index is 0. The molecule has 0 unspecified atom stereocenters. The van der Waals surface area contributed by atoms with E-state index in [0.29, 0.717) is 0 Å². The molecule has 0 aromatic carbocycles. The molecule has 0 aliphatic carbocycles. The van der Waals surface area contributed by atoms with Crippen molar-refractivity contribution in [2.24, 2.45) is 0 Å². The van der Waals surface area contributed by atoms with Gasteiger partial charge in [-0.2, -0.15) is 0 Å². The van der Waals surface area contributed by atoms with E-state index in [2.05, 4.69) is 15.8 Å². The van der Waals surface area contributed by atoms with Crippen LogP contribution in [0.2, 0.25) is 0 Å². The molecule has 8 heteroatoms. The summed E-state index contributed by atoms with van der Waals surface area (Å²) in [7, 11) is -4.46. The number of hydrogen-bond acceptors (Lipinski definition) is 4. The number of carbonyl (C=O) groups is 1. The monoisotopic (exact) mass is 349 g/mol. The molecule has 0 aromatic rings. The Morgan fingerprint density at radius 3 is 2.29 bits per heavy atom. The fraction of sp³-hybridized carbons (Fsp3) is 0.500. The molecule has 0 fully saturated rings. The third-order valence-corrected chi connectivity index (χ3v) is 1.44. The van der Waals surface area contributed by atoms with Crippen LogP contribution in [0.5, 0.6) is 0 Å². The number of esters is 1. The average molecular weight is 349 g/mol. The van der Waals surface area contributed by atoms with Crippen molar-refractivity contribution in [3.63, 3.8) is 0 Å². The third-order valence-electron chi connectivity index (χ3n) is 0.924. The maximum absolute atomic E-state index is 10.7. The van der Waals surface area contributed by atoms with E-state index in [9.17, 15) is 9.36 Å². The largest absolute Gasteiger partial charge is 0.469 e. The van der Waals surface area contributed by atoms with E-state index in [-0.39, 0.29) is 54.4 Å². The van der Waals surface area contributed by atoms with Gasteiger partial charge in [-0.05, 0) is 6.92 Å². The van der Waals surface area contributed by atoms with Gasteiger partial charge in [0.05, 0.1) is 6.61 Å². The molecule has 0 saturated carbocycles. The summed E-state index contributed by atoms with van der Waals surface area (Å²) in [5, 5.41) is 0. The summed E-state index contributed by atoms with van der Waals surface area (Å²) in [6, 6.07) is 0. The molecule has 0 aliphatic heterocycles. The number of ether oxygens (including phenoxy) is 1. The van der Waals surface area contributed by atoms with E-state index < -0.39 is 13.8 Å². The smallest absolute Gasteiger partial charge is 0.460 e. The van der Waals surface area contributed by atoms with Crippen LogP contribution in [-0.4, -0.2) is 29.0 Å². The first-order valence-corrected chi connectivity index (χ1v) is 4.88. The second kappa shape index (κ2) is 7.76. The van der Waals surface area contributed by atoms with Crippen molar-refractivity contribution in [2.45, 2.75) is 6.92 Å². The van der Waals surface area contributed by atoms with Gasteiger partial charge in [-0.3, -0.25) is 4.52 Å². The molecule has 0 aliphatic rings.